The molecule has 0 bridgehead atoms. The van der Waals surface area contributed by atoms with Crippen molar-refractivity contribution >= 4 is 17.9 Å². The minimum Gasteiger partial charge on any atom is -0.462 e. The molecule has 0 N–H and O–H groups in total. The molecular formula is C68H122O6. The average Bonchev–Trinajstić information content (AvgIpc) is 3.40. The third-order valence-corrected chi connectivity index (χ3v) is 14.2. The van der Waals surface area contributed by atoms with Gasteiger partial charge in [-0.3, -0.25) is 14.4 Å². The Kier molecular flexibility index (Phi) is 60.2. The number of carbonyl (C=O) groups excluding carboxylic acids is 3. The molecule has 0 fully saturated rings. The van der Waals surface area contributed by atoms with Crippen molar-refractivity contribution < 1.29 is 28.6 Å². The minimum atomic E-state index is -0.788. The van der Waals surface area contributed by atoms with Crippen molar-refractivity contribution in [2.24, 2.45) is 0 Å². The van der Waals surface area contributed by atoms with Crippen LogP contribution in [0.3, 0.4) is 0 Å². The van der Waals surface area contributed by atoms with Crippen LogP contribution in [0, 0.1) is 0 Å². The summed E-state index contributed by atoms with van der Waals surface area (Å²) in [6.45, 7) is 6.63. The fraction of sp³-hybridized carbons (Fsp3) is 0.809. The molecule has 6 heteroatoms. The molecule has 430 valence electrons. The van der Waals surface area contributed by atoms with E-state index in [9.17, 15) is 14.4 Å². The second-order valence-electron chi connectivity index (χ2n) is 21.7. The van der Waals surface area contributed by atoms with Crippen molar-refractivity contribution in [1.82, 2.24) is 0 Å². The Hall–Kier alpha value is -2.89. The van der Waals surface area contributed by atoms with Gasteiger partial charge in [-0.15, -0.1) is 0 Å². The molecule has 0 aromatic carbocycles. The molecule has 0 heterocycles. The van der Waals surface area contributed by atoms with Crippen LogP contribution in [-0.2, 0) is 28.6 Å². The number of hydrogen-bond acceptors (Lipinski definition) is 6. The molecule has 0 aliphatic heterocycles. The lowest BCUT2D eigenvalue weighted by Crippen LogP contribution is -2.30. The molecular weight excluding hydrogens is 913 g/mol. The monoisotopic (exact) mass is 1030 g/mol. The third-order valence-electron chi connectivity index (χ3n) is 14.2. The first-order valence-electron chi connectivity index (χ1n) is 32.3. The smallest absolute Gasteiger partial charge is 0.306 e. The zero-order valence-electron chi connectivity index (χ0n) is 49.4. The standard InChI is InChI=1S/C68H122O6/c1-4-7-10-13-16-19-22-25-28-31-34-37-40-43-46-49-52-55-58-61-67(70)73-64-65(63-72-66(69)60-57-54-51-48-45-42-39-36-33-30-27-24-21-18-15-12-9-6-3)74-68(71)62-59-56-53-50-47-44-41-38-35-32-29-26-23-20-17-14-11-8-5-2/h16,19,25-26,28-29,34,37,43,46,65H,4-15,17-18,20-24,27,30-33,35-36,38-42,44-45,47-64H2,1-3H3/b19-16+,28-25+,29-26+,37-34+,46-43+/t65-/m1/s1. The molecule has 0 amide bonds. The van der Waals surface area contributed by atoms with E-state index in [1.54, 1.807) is 0 Å². The quantitative estimate of drug-likeness (QED) is 0.0261. The summed E-state index contributed by atoms with van der Waals surface area (Å²) in [6, 6.07) is 0. The molecule has 0 radical (unpaired) electrons. The summed E-state index contributed by atoms with van der Waals surface area (Å²) in [7, 11) is 0. The van der Waals surface area contributed by atoms with Gasteiger partial charge in [-0.1, -0.05) is 287 Å². The maximum absolute atomic E-state index is 12.9. The predicted molar refractivity (Wildman–Crippen MR) is 321 cm³/mol. The molecule has 0 rings (SSSR count). The van der Waals surface area contributed by atoms with Crippen molar-refractivity contribution in [3.8, 4) is 0 Å². The van der Waals surface area contributed by atoms with E-state index in [4.69, 9.17) is 14.2 Å². The number of allylic oxidation sites excluding steroid dienone is 10. The molecule has 0 aromatic heterocycles. The van der Waals surface area contributed by atoms with E-state index in [2.05, 4.69) is 81.5 Å². The van der Waals surface area contributed by atoms with E-state index < -0.39 is 6.10 Å². The van der Waals surface area contributed by atoms with Gasteiger partial charge in [-0.25, -0.2) is 0 Å². The maximum Gasteiger partial charge on any atom is 0.306 e. The lowest BCUT2D eigenvalue weighted by atomic mass is 10.0. The maximum atomic E-state index is 12.9. The Morgan fingerprint density at radius 2 is 0.486 bits per heavy atom. The summed E-state index contributed by atoms with van der Waals surface area (Å²) in [4.78, 5) is 38.3. The van der Waals surface area contributed by atoms with Crippen LogP contribution in [0.5, 0.6) is 0 Å². The Bertz CT molecular complexity index is 1330. The van der Waals surface area contributed by atoms with E-state index in [1.807, 2.05) is 0 Å². The van der Waals surface area contributed by atoms with Gasteiger partial charge in [0.05, 0.1) is 0 Å². The summed E-state index contributed by atoms with van der Waals surface area (Å²) >= 11 is 0. The van der Waals surface area contributed by atoms with Gasteiger partial charge in [0.2, 0.25) is 0 Å². The normalized spacial score (nSPS) is 12.4. The lowest BCUT2D eigenvalue weighted by molar-refractivity contribution is -0.167. The SMILES string of the molecule is CCCCC/C=C/C/C=C/C/C=C/C/C=C/CCCCCC(=O)OC[C@@H](COC(=O)CCCCCCCCCCCCCCCCCCCC)OC(=O)CCCCCCCCCCC/C=C/CCCCCCCC. The van der Waals surface area contributed by atoms with Gasteiger partial charge in [-0.05, 0) is 89.9 Å². The summed E-state index contributed by atoms with van der Waals surface area (Å²) in [5.74, 6) is -0.897. The first-order chi connectivity index (χ1) is 36.5. The molecule has 6 nitrogen and oxygen atoms in total. The first-order valence-corrected chi connectivity index (χ1v) is 32.3. The van der Waals surface area contributed by atoms with Crippen LogP contribution in [0.15, 0.2) is 60.8 Å². The van der Waals surface area contributed by atoms with Crippen molar-refractivity contribution in [2.75, 3.05) is 13.2 Å². The molecule has 74 heavy (non-hydrogen) atoms. The van der Waals surface area contributed by atoms with E-state index in [0.29, 0.717) is 19.3 Å². The molecule has 1 atom stereocenters. The largest absolute Gasteiger partial charge is 0.462 e. The number of hydrogen-bond donors (Lipinski definition) is 0. The fourth-order valence-electron chi connectivity index (χ4n) is 9.36. The van der Waals surface area contributed by atoms with Gasteiger partial charge in [-0.2, -0.15) is 0 Å². The van der Waals surface area contributed by atoms with E-state index in [0.717, 1.165) is 83.5 Å². The summed E-state index contributed by atoms with van der Waals surface area (Å²) in [5.41, 5.74) is 0. The number of carbonyl (C=O) groups is 3. The van der Waals surface area contributed by atoms with Gasteiger partial charge in [0, 0.05) is 19.3 Å². The number of rotatable bonds is 59. The zero-order chi connectivity index (χ0) is 53.6. The Morgan fingerprint density at radius 3 is 0.811 bits per heavy atom. The fourth-order valence-corrected chi connectivity index (χ4v) is 9.36. The van der Waals surface area contributed by atoms with Crippen molar-refractivity contribution in [1.29, 1.82) is 0 Å². The summed E-state index contributed by atoms with van der Waals surface area (Å²) in [5, 5.41) is 0. The Morgan fingerprint density at radius 1 is 0.270 bits per heavy atom. The Labute approximate surface area is 460 Å². The van der Waals surface area contributed by atoms with Crippen LogP contribution in [-0.4, -0.2) is 37.2 Å². The average molecular weight is 1040 g/mol. The van der Waals surface area contributed by atoms with E-state index >= 15 is 0 Å². The Balaban J connectivity index is 4.41. The molecule has 0 spiro atoms. The topological polar surface area (TPSA) is 78.9 Å². The first kappa shape index (κ1) is 71.1. The van der Waals surface area contributed by atoms with Gasteiger partial charge in [0.25, 0.3) is 0 Å². The number of esters is 3. The van der Waals surface area contributed by atoms with Crippen LogP contribution in [0.25, 0.3) is 0 Å². The summed E-state index contributed by atoms with van der Waals surface area (Å²) < 4.78 is 16.9. The summed E-state index contributed by atoms with van der Waals surface area (Å²) in [6.07, 6.45) is 79.3. The zero-order valence-corrected chi connectivity index (χ0v) is 49.4. The molecule has 0 saturated heterocycles. The minimum absolute atomic E-state index is 0.0819. The molecule has 0 aliphatic rings. The van der Waals surface area contributed by atoms with Gasteiger partial charge in [0.1, 0.15) is 13.2 Å². The van der Waals surface area contributed by atoms with Crippen LogP contribution in [0.1, 0.15) is 335 Å². The molecule has 0 aromatic rings. The van der Waals surface area contributed by atoms with Gasteiger partial charge in [0.15, 0.2) is 6.10 Å². The van der Waals surface area contributed by atoms with Gasteiger partial charge < -0.3 is 14.2 Å². The second kappa shape index (κ2) is 62.6. The molecule has 0 aliphatic carbocycles. The molecule has 0 saturated carbocycles. The number of unbranched alkanes of at least 4 members (excludes halogenated alkanes) is 38. The highest BCUT2D eigenvalue weighted by atomic mass is 16.6. The van der Waals surface area contributed by atoms with Crippen LogP contribution >= 0.6 is 0 Å². The highest BCUT2D eigenvalue weighted by molar-refractivity contribution is 5.71. The van der Waals surface area contributed by atoms with Crippen LogP contribution in [0.2, 0.25) is 0 Å². The predicted octanol–water partition coefficient (Wildman–Crippen LogP) is 21.9. The third kappa shape index (κ3) is 60.0. The highest BCUT2D eigenvalue weighted by Gasteiger charge is 2.19. The van der Waals surface area contributed by atoms with E-state index in [-0.39, 0.29) is 31.1 Å². The second-order valence-corrected chi connectivity index (χ2v) is 21.7. The van der Waals surface area contributed by atoms with Crippen LogP contribution in [0.4, 0.5) is 0 Å². The number of ether oxygens (including phenoxy) is 3. The highest BCUT2D eigenvalue weighted by Crippen LogP contribution is 2.17. The molecule has 0 unspecified atom stereocenters. The lowest BCUT2D eigenvalue weighted by Gasteiger charge is -2.18. The van der Waals surface area contributed by atoms with Crippen molar-refractivity contribution in [2.45, 2.75) is 341 Å². The van der Waals surface area contributed by atoms with Crippen molar-refractivity contribution in [3.05, 3.63) is 60.8 Å². The van der Waals surface area contributed by atoms with Crippen molar-refractivity contribution in [3.63, 3.8) is 0 Å². The van der Waals surface area contributed by atoms with Crippen LogP contribution < -0.4 is 0 Å². The van der Waals surface area contributed by atoms with Gasteiger partial charge >= 0.3 is 17.9 Å². The van der Waals surface area contributed by atoms with E-state index in [1.165, 1.54) is 212 Å².